The van der Waals surface area contributed by atoms with Gasteiger partial charge < -0.3 is 16.0 Å². The van der Waals surface area contributed by atoms with Crippen LogP contribution in [0, 0.1) is 5.92 Å². The molecule has 0 aromatic carbocycles. The van der Waals surface area contributed by atoms with Crippen LogP contribution in [-0.4, -0.2) is 31.0 Å². The van der Waals surface area contributed by atoms with Crippen molar-refractivity contribution in [3.63, 3.8) is 0 Å². The third-order valence-electron chi connectivity index (χ3n) is 3.04. The summed E-state index contributed by atoms with van der Waals surface area (Å²) < 4.78 is 0. The Balaban J connectivity index is 2.70. The minimum Gasteiger partial charge on any atom is -0.382 e. The molecule has 0 fully saturated rings. The van der Waals surface area contributed by atoms with Crippen molar-refractivity contribution in [3.8, 4) is 0 Å². The molecule has 1 unspecified atom stereocenters. The number of thiazole rings is 1. The zero-order chi connectivity index (χ0) is 14.4. The number of nitrogens with one attached hydrogen (secondary N) is 1. The first kappa shape index (κ1) is 15.8. The van der Waals surface area contributed by atoms with Gasteiger partial charge in [0.2, 0.25) is 0 Å². The second-order valence-electron chi connectivity index (χ2n) is 4.86. The fraction of sp³-hybridized carbons (Fsp3) is 0.692. The summed E-state index contributed by atoms with van der Waals surface area (Å²) in [6.45, 7) is 7.90. The van der Waals surface area contributed by atoms with E-state index in [1.807, 2.05) is 11.9 Å². The molecular weight excluding hydrogens is 260 g/mol. The average Bonchev–Trinajstić information content (AvgIpc) is 2.78. The van der Waals surface area contributed by atoms with Gasteiger partial charge in [0.1, 0.15) is 10.7 Å². The van der Waals surface area contributed by atoms with E-state index in [2.05, 4.69) is 31.1 Å². The van der Waals surface area contributed by atoms with Gasteiger partial charge in [0.15, 0.2) is 5.13 Å². The lowest BCUT2D eigenvalue weighted by Gasteiger charge is -2.13. The molecule has 0 aliphatic rings. The Bertz CT molecular complexity index is 419. The molecule has 1 rings (SSSR count). The minimum atomic E-state index is -0.119. The van der Waals surface area contributed by atoms with E-state index in [0.717, 1.165) is 24.5 Å². The number of carbonyl (C=O) groups is 1. The van der Waals surface area contributed by atoms with Crippen molar-refractivity contribution in [1.29, 1.82) is 0 Å². The second-order valence-corrected chi connectivity index (χ2v) is 5.83. The van der Waals surface area contributed by atoms with Crippen LogP contribution in [0.1, 0.15) is 43.3 Å². The van der Waals surface area contributed by atoms with Crippen LogP contribution in [-0.2, 0) is 0 Å². The molecule has 1 amide bonds. The number of hydrogen-bond acceptors (Lipinski definition) is 5. The van der Waals surface area contributed by atoms with Crippen molar-refractivity contribution < 1.29 is 4.79 Å². The maximum atomic E-state index is 12.0. The number of nitrogens with two attached hydrogens (primary N) is 1. The van der Waals surface area contributed by atoms with Gasteiger partial charge in [-0.25, -0.2) is 4.98 Å². The van der Waals surface area contributed by atoms with E-state index in [1.165, 1.54) is 11.3 Å². The number of rotatable bonds is 7. The van der Waals surface area contributed by atoms with E-state index in [0.29, 0.717) is 23.2 Å². The topological polar surface area (TPSA) is 71.2 Å². The molecular formula is C13H24N4OS. The molecule has 1 atom stereocenters. The first-order chi connectivity index (χ1) is 8.99. The normalized spacial score (nSPS) is 12.2. The Hall–Kier alpha value is -1.30. The summed E-state index contributed by atoms with van der Waals surface area (Å²) in [6.07, 6.45) is 2.08. The third-order valence-corrected chi connectivity index (χ3v) is 4.23. The Labute approximate surface area is 119 Å². The SMILES string of the molecule is CCCN(C)c1nc(N)c(C(=O)NCC(C)CC)s1. The molecule has 5 nitrogen and oxygen atoms in total. The van der Waals surface area contributed by atoms with Crippen LogP contribution >= 0.6 is 11.3 Å². The van der Waals surface area contributed by atoms with E-state index >= 15 is 0 Å². The molecule has 0 aliphatic carbocycles. The first-order valence-electron chi connectivity index (χ1n) is 6.75. The van der Waals surface area contributed by atoms with E-state index in [9.17, 15) is 4.79 Å². The molecule has 1 heterocycles. The van der Waals surface area contributed by atoms with E-state index in [4.69, 9.17) is 5.73 Å². The van der Waals surface area contributed by atoms with Gasteiger partial charge in [-0.1, -0.05) is 38.5 Å². The molecule has 19 heavy (non-hydrogen) atoms. The molecule has 6 heteroatoms. The van der Waals surface area contributed by atoms with Crippen LogP contribution in [0.25, 0.3) is 0 Å². The molecule has 1 aromatic heterocycles. The van der Waals surface area contributed by atoms with Gasteiger partial charge in [-0.3, -0.25) is 4.79 Å². The lowest BCUT2D eigenvalue weighted by atomic mass is 10.1. The number of nitrogen functional groups attached to an aromatic ring is 1. The fourth-order valence-electron chi connectivity index (χ4n) is 1.57. The molecule has 0 spiro atoms. The molecule has 3 N–H and O–H groups in total. The van der Waals surface area contributed by atoms with Crippen LogP contribution < -0.4 is 16.0 Å². The highest BCUT2D eigenvalue weighted by atomic mass is 32.1. The quantitative estimate of drug-likeness (QED) is 0.806. The largest absolute Gasteiger partial charge is 0.382 e. The predicted molar refractivity (Wildman–Crippen MR) is 81.9 cm³/mol. The van der Waals surface area contributed by atoms with Crippen molar-refractivity contribution in [2.24, 2.45) is 5.92 Å². The van der Waals surface area contributed by atoms with Gasteiger partial charge in [0.25, 0.3) is 5.91 Å². The summed E-state index contributed by atoms with van der Waals surface area (Å²) in [6, 6.07) is 0. The average molecular weight is 284 g/mol. The predicted octanol–water partition coefficient (Wildman–Crippen LogP) is 2.35. The highest BCUT2D eigenvalue weighted by Crippen LogP contribution is 2.27. The number of amides is 1. The highest BCUT2D eigenvalue weighted by Gasteiger charge is 2.18. The Morgan fingerprint density at radius 1 is 1.53 bits per heavy atom. The van der Waals surface area contributed by atoms with Gasteiger partial charge in [-0.2, -0.15) is 0 Å². The summed E-state index contributed by atoms with van der Waals surface area (Å²) in [5.41, 5.74) is 5.83. The summed E-state index contributed by atoms with van der Waals surface area (Å²) >= 11 is 1.35. The fourth-order valence-corrected chi connectivity index (χ4v) is 2.46. The van der Waals surface area contributed by atoms with Crippen LogP contribution in [0.5, 0.6) is 0 Å². The van der Waals surface area contributed by atoms with Crippen LogP contribution in [0.2, 0.25) is 0 Å². The molecule has 108 valence electrons. The number of nitrogens with zero attached hydrogens (tertiary/aromatic N) is 2. The number of carbonyl (C=O) groups excluding carboxylic acids is 1. The smallest absolute Gasteiger partial charge is 0.265 e. The molecule has 0 saturated heterocycles. The zero-order valence-electron chi connectivity index (χ0n) is 12.2. The van der Waals surface area contributed by atoms with Gasteiger partial charge in [0, 0.05) is 20.1 Å². The molecule has 0 radical (unpaired) electrons. The van der Waals surface area contributed by atoms with Crippen molar-refractivity contribution >= 4 is 28.2 Å². The Kier molecular flexibility index (Phi) is 6.08. The monoisotopic (exact) mass is 284 g/mol. The van der Waals surface area contributed by atoms with Crippen LogP contribution in [0.3, 0.4) is 0 Å². The van der Waals surface area contributed by atoms with Gasteiger partial charge in [-0.15, -0.1) is 0 Å². The third kappa shape index (κ3) is 4.38. The van der Waals surface area contributed by atoms with Gasteiger partial charge >= 0.3 is 0 Å². The standard InChI is InChI=1S/C13H24N4OS/c1-5-7-17(4)13-16-11(14)10(19-13)12(18)15-8-9(3)6-2/h9H,5-8,14H2,1-4H3,(H,15,18). The van der Waals surface area contributed by atoms with Crippen molar-refractivity contribution in [2.75, 3.05) is 30.8 Å². The summed E-state index contributed by atoms with van der Waals surface area (Å²) in [5.74, 6) is 0.677. The van der Waals surface area contributed by atoms with E-state index in [-0.39, 0.29) is 5.91 Å². The molecule has 1 aromatic rings. The van der Waals surface area contributed by atoms with E-state index in [1.54, 1.807) is 0 Å². The van der Waals surface area contributed by atoms with Gasteiger partial charge in [-0.05, 0) is 12.3 Å². The van der Waals surface area contributed by atoms with Crippen molar-refractivity contribution in [2.45, 2.75) is 33.6 Å². The van der Waals surface area contributed by atoms with Crippen LogP contribution in [0.15, 0.2) is 0 Å². The number of aromatic nitrogens is 1. The van der Waals surface area contributed by atoms with Crippen molar-refractivity contribution in [3.05, 3.63) is 4.88 Å². The van der Waals surface area contributed by atoms with E-state index < -0.39 is 0 Å². The van der Waals surface area contributed by atoms with Gasteiger partial charge in [0.05, 0.1) is 0 Å². The molecule has 0 bridgehead atoms. The molecule has 0 aliphatic heterocycles. The summed E-state index contributed by atoms with van der Waals surface area (Å²) in [5, 5.41) is 3.71. The second kappa shape index (κ2) is 7.33. The lowest BCUT2D eigenvalue weighted by molar-refractivity contribution is 0.0952. The minimum absolute atomic E-state index is 0.119. The highest BCUT2D eigenvalue weighted by molar-refractivity contribution is 7.18. The Morgan fingerprint density at radius 2 is 2.21 bits per heavy atom. The Morgan fingerprint density at radius 3 is 2.79 bits per heavy atom. The lowest BCUT2D eigenvalue weighted by Crippen LogP contribution is -2.27. The first-order valence-corrected chi connectivity index (χ1v) is 7.56. The maximum absolute atomic E-state index is 12.0. The van der Waals surface area contributed by atoms with Crippen molar-refractivity contribution in [1.82, 2.24) is 10.3 Å². The summed E-state index contributed by atoms with van der Waals surface area (Å²) in [7, 11) is 1.96. The summed E-state index contributed by atoms with van der Waals surface area (Å²) in [4.78, 5) is 18.8. The number of hydrogen-bond donors (Lipinski definition) is 2. The van der Waals surface area contributed by atoms with Crippen LogP contribution in [0.4, 0.5) is 10.9 Å². The maximum Gasteiger partial charge on any atom is 0.265 e. The zero-order valence-corrected chi connectivity index (χ0v) is 13.0. The number of anilines is 2. The molecule has 0 saturated carbocycles.